The van der Waals surface area contributed by atoms with E-state index >= 15 is 0 Å². The van der Waals surface area contributed by atoms with E-state index in [0.29, 0.717) is 0 Å². The van der Waals surface area contributed by atoms with Gasteiger partial charge < -0.3 is 10.1 Å². The van der Waals surface area contributed by atoms with Gasteiger partial charge in [0.05, 0.1) is 0 Å². The van der Waals surface area contributed by atoms with Crippen LogP contribution >= 0.6 is 0 Å². The number of nitrogens with one attached hydrogen (secondary N) is 1. The van der Waals surface area contributed by atoms with Crippen molar-refractivity contribution in [3.05, 3.63) is 0 Å². The van der Waals surface area contributed by atoms with Crippen molar-refractivity contribution < 1.29 is 4.74 Å². The highest BCUT2D eigenvalue weighted by atomic mass is 16.5. The Balaban J connectivity index is 1.41. The van der Waals surface area contributed by atoms with Crippen LogP contribution in [-0.4, -0.2) is 25.8 Å². The van der Waals surface area contributed by atoms with E-state index in [9.17, 15) is 0 Å². The summed E-state index contributed by atoms with van der Waals surface area (Å²) in [5.41, 5.74) is 0. The lowest BCUT2D eigenvalue weighted by molar-refractivity contribution is 0.121. The van der Waals surface area contributed by atoms with Gasteiger partial charge in [-0.15, -0.1) is 0 Å². The van der Waals surface area contributed by atoms with Gasteiger partial charge in [0.2, 0.25) is 0 Å². The molecule has 0 bridgehead atoms. The molecule has 0 aromatic heterocycles. The fourth-order valence-corrected chi connectivity index (χ4v) is 2.63. The van der Waals surface area contributed by atoms with Crippen molar-refractivity contribution in [2.75, 3.05) is 19.8 Å². The summed E-state index contributed by atoms with van der Waals surface area (Å²) in [6, 6.07) is 0.784. The van der Waals surface area contributed by atoms with E-state index in [4.69, 9.17) is 4.74 Å². The second-order valence-electron chi connectivity index (χ2n) is 5.79. The van der Waals surface area contributed by atoms with E-state index < -0.39 is 0 Å². The summed E-state index contributed by atoms with van der Waals surface area (Å²) in [7, 11) is 0. The van der Waals surface area contributed by atoms with Crippen LogP contribution in [0.4, 0.5) is 0 Å². The number of rotatable bonds is 7. The van der Waals surface area contributed by atoms with Crippen LogP contribution < -0.4 is 5.32 Å². The maximum Gasteiger partial charge on any atom is 0.0494 e. The predicted molar refractivity (Wildman–Crippen MR) is 67.6 cm³/mol. The van der Waals surface area contributed by atoms with Crippen LogP contribution in [-0.2, 0) is 4.74 Å². The standard InChI is InChI=1S/C14H27NO/c1-12-4-2-5-14(10-12)15-8-3-9-16-11-13-6-7-13/h12-15H,2-11H2,1H3. The van der Waals surface area contributed by atoms with Crippen LogP contribution in [0.5, 0.6) is 0 Å². The quantitative estimate of drug-likeness (QED) is 0.673. The predicted octanol–water partition coefficient (Wildman–Crippen LogP) is 2.97. The second kappa shape index (κ2) is 6.61. The first-order chi connectivity index (χ1) is 7.84. The largest absolute Gasteiger partial charge is 0.381 e. The van der Waals surface area contributed by atoms with E-state index in [-0.39, 0.29) is 0 Å². The Labute approximate surface area is 100 Å². The van der Waals surface area contributed by atoms with E-state index in [1.54, 1.807) is 0 Å². The number of hydrogen-bond donors (Lipinski definition) is 1. The maximum absolute atomic E-state index is 5.63. The Morgan fingerprint density at radius 2 is 2.06 bits per heavy atom. The van der Waals surface area contributed by atoms with Gasteiger partial charge in [0.15, 0.2) is 0 Å². The first kappa shape index (κ1) is 12.4. The molecule has 0 aromatic rings. The molecule has 94 valence electrons. The van der Waals surface area contributed by atoms with Gasteiger partial charge in [0.1, 0.15) is 0 Å². The van der Waals surface area contributed by atoms with Crippen molar-refractivity contribution in [1.82, 2.24) is 5.32 Å². The van der Waals surface area contributed by atoms with Crippen molar-refractivity contribution in [3.8, 4) is 0 Å². The molecule has 0 heterocycles. The molecule has 0 spiro atoms. The molecule has 0 saturated heterocycles. The Morgan fingerprint density at radius 1 is 1.19 bits per heavy atom. The molecule has 2 unspecified atom stereocenters. The Morgan fingerprint density at radius 3 is 2.81 bits per heavy atom. The van der Waals surface area contributed by atoms with Gasteiger partial charge in [0, 0.05) is 19.3 Å². The lowest BCUT2D eigenvalue weighted by Crippen LogP contribution is -2.34. The minimum atomic E-state index is 0.784. The van der Waals surface area contributed by atoms with Gasteiger partial charge in [-0.25, -0.2) is 0 Å². The van der Waals surface area contributed by atoms with Gasteiger partial charge in [0.25, 0.3) is 0 Å². The summed E-state index contributed by atoms with van der Waals surface area (Å²) in [5.74, 6) is 1.84. The molecule has 0 amide bonds. The normalized spacial score (nSPS) is 30.6. The number of hydrogen-bond acceptors (Lipinski definition) is 2. The molecule has 2 nitrogen and oxygen atoms in total. The topological polar surface area (TPSA) is 21.3 Å². The maximum atomic E-state index is 5.63. The molecular formula is C14H27NO. The molecule has 2 rings (SSSR count). The van der Waals surface area contributed by atoms with Gasteiger partial charge in [-0.2, -0.15) is 0 Å². The van der Waals surface area contributed by atoms with Crippen LogP contribution in [0.2, 0.25) is 0 Å². The highest BCUT2D eigenvalue weighted by Crippen LogP contribution is 2.28. The third-order valence-corrected chi connectivity index (χ3v) is 3.89. The van der Waals surface area contributed by atoms with Crippen LogP contribution in [0.3, 0.4) is 0 Å². The fraction of sp³-hybridized carbons (Fsp3) is 1.00. The summed E-state index contributed by atoms with van der Waals surface area (Å²) >= 11 is 0. The van der Waals surface area contributed by atoms with Crippen LogP contribution in [0.1, 0.15) is 51.9 Å². The monoisotopic (exact) mass is 225 g/mol. The zero-order valence-electron chi connectivity index (χ0n) is 10.7. The molecule has 2 heteroatoms. The van der Waals surface area contributed by atoms with E-state index in [1.807, 2.05) is 0 Å². The molecule has 0 aliphatic heterocycles. The molecule has 1 N–H and O–H groups in total. The second-order valence-corrected chi connectivity index (χ2v) is 5.79. The van der Waals surface area contributed by atoms with Crippen LogP contribution in [0.15, 0.2) is 0 Å². The average molecular weight is 225 g/mol. The zero-order chi connectivity index (χ0) is 11.2. The summed E-state index contributed by atoms with van der Waals surface area (Å²) in [6.45, 7) is 5.49. The van der Waals surface area contributed by atoms with Gasteiger partial charge in [-0.3, -0.25) is 0 Å². The molecule has 2 aliphatic rings. The van der Waals surface area contributed by atoms with Crippen molar-refractivity contribution in [3.63, 3.8) is 0 Å². The lowest BCUT2D eigenvalue weighted by atomic mass is 9.87. The molecular weight excluding hydrogens is 198 g/mol. The average Bonchev–Trinajstić information content (AvgIpc) is 3.07. The molecule has 2 aliphatic carbocycles. The zero-order valence-corrected chi connectivity index (χ0v) is 10.7. The third kappa shape index (κ3) is 4.84. The molecule has 16 heavy (non-hydrogen) atoms. The smallest absolute Gasteiger partial charge is 0.0494 e. The number of ether oxygens (including phenoxy) is 1. The summed E-state index contributed by atoms with van der Waals surface area (Å²) < 4.78 is 5.63. The minimum absolute atomic E-state index is 0.784. The molecule has 2 atom stereocenters. The first-order valence-electron chi connectivity index (χ1n) is 7.15. The molecule has 0 radical (unpaired) electrons. The Bertz CT molecular complexity index is 191. The Kier molecular flexibility index (Phi) is 5.11. The van der Waals surface area contributed by atoms with Gasteiger partial charge >= 0.3 is 0 Å². The lowest BCUT2D eigenvalue weighted by Gasteiger charge is -2.27. The Hall–Kier alpha value is -0.0800. The van der Waals surface area contributed by atoms with E-state index in [0.717, 1.165) is 37.6 Å². The van der Waals surface area contributed by atoms with Gasteiger partial charge in [-0.1, -0.05) is 19.8 Å². The highest BCUT2D eigenvalue weighted by molar-refractivity contribution is 4.75. The summed E-state index contributed by atoms with van der Waals surface area (Å²) in [4.78, 5) is 0. The third-order valence-electron chi connectivity index (χ3n) is 3.89. The summed E-state index contributed by atoms with van der Waals surface area (Å²) in [5, 5.41) is 3.68. The van der Waals surface area contributed by atoms with E-state index in [1.165, 1.54) is 44.9 Å². The van der Waals surface area contributed by atoms with Gasteiger partial charge in [-0.05, 0) is 50.5 Å². The fourth-order valence-electron chi connectivity index (χ4n) is 2.63. The van der Waals surface area contributed by atoms with Crippen molar-refractivity contribution in [2.24, 2.45) is 11.8 Å². The molecule has 2 fully saturated rings. The minimum Gasteiger partial charge on any atom is -0.381 e. The van der Waals surface area contributed by atoms with Crippen LogP contribution in [0, 0.1) is 11.8 Å². The summed E-state index contributed by atoms with van der Waals surface area (Å²) in [6.07, 6.45) is 9.59. The molecule has 2 saturated carbocycles. The first-order valence-corrected chi connectivity index (χ1v) is 7.15. The highest BCUT2D eigenvalue weighted by Gasteiger charge is 2.21. The van der Waals surface area contributed by atoms with E-state index in [2.05, 4.69) is 12.2 Å². The SMILES string of the molecule is CC1CCCC(NCCCOCC2CC2)C1. The van der Waals surface area contributed by atoms with Crippen molar-refractivity contribution >= 4 is 0 Å². The van der Waals surface area contributed by atoms with Crippen molar-refractivity contribution in [2.45, 2.75) is 57.9 Å². The van der Waals surface area contributed by atoms with Crippen molar-refractivity contribution in [1.29, 1.82) is 0 Å². The molecule has 0 aromatic carbocycles. The van der Waals surface area contributed by atoms with Crippen LogP contribution in [0.25, 0.3) is 0 Å².